The fourth-order valence-corrected chi connectivity index (χ4v) is 2.92. The number of fused-ring (bicyclic) bond motifs is 1. The number of hydrogen-bond donors (Lipinski definition) is 0. The van der Waals surface area contributed by atoms with Gasteiger partial charge < -0.3 is 9.15 Å². The summed E-state index contributed by atoms with van der Waals surface area (Å²) < 4.78 is 11.1. The zero-order chi connectivity index (χ0) is 20.4. The van der Waals surface area contributed by atoms with E-state index in [1.54, 1.807) is 19.1 Å². The monoisotopic (exact) mass is 389 g/mol. The predicted molar refractivity (Wildman–Crippen MR) is 104 cm³/mol. The van der Waals surface area contributed by atoms with Crippen molar-refractivity contribution in [3.63, 3.8) is 0 Å². The topological polar surface area (TPSA) is 108 Å². The van der Waals surface area contributed by atoms with Crippen LogP contribution < -0.4 is 0 Å². The van der Waals surface area contributed by atoms with Gasteiger partial charge in [-0.05, 0) is 35.9 Å². The quantitative estimate of drug-likeness (QED) is 0.276. The van der Waals surface area contributed by atoms with Gasteiger partial charge in [0.15, 0.2) is 6.10 Å². The van der Waals surface area contributed by atoms with Gasteiger partial charge in [0.05, 0.1) is 10.5 Å². The maximum atomic E-state index is 12.6. The van der Waals surface area contributed by atoms with E-state index in [1.165, 1.54) is 24.3 Å². The molecule has 1 aromatic heterocycles. The molecule has 0 saturated heterocycles. The van der Waals surface area contributed by atoms with Crippen LogP contribution in [0.4, 0.5) is 5.69 Å². The average molecular weight is 389 g/mol. The maximum Gasteiger partial charge on any atom is 0.339 e. The molecule has 0 N–H and O–H groups in total. The minimum Gasteiger partial charge on any atom is -0.449 e. The lowest BCUT2D eigenvalue weighted by Crippen LogP contribution is -2.10. The first kappa shape index (κ1) is 18.3. The number of hydrogen-bond acceptors (Lipinski definition) is 7. The molecule has 144 valence electrons. The van der Waals surface area contributed by atoms with Gasteiger partial charge >= 0.3 is 5.97 Å². The van der Waals surface area contributed by atoms with E-state index in [0.717, 1.165) is 10.8 Å². The predicted octanol–water partition coefficient (Wildman–Crippen LogP) is 4.72. The van der Waals surface area contributed by atoms with Crippen LogP contribution in [0, 0.1) is 10.1 Å². The second kappa shape index (κ2) is 7.51. The van der Waals surface area contributed by atoms with Gasteiger partial charge in [0.1, 0.15) is 0 Å². The fourth-order valence-electron chi connectivity index (χ4n) is 2.92. The molecule has 0 aliphatic carbocycles. The molecule has 4 aromatic rings. The second-order valence-corrected chi connectivity index (χ2v) is 6.32. The van der Waals surface area contributed by atoms with Crippen molar-refractivity contribution < 1.29 is 18.9 Å². The highest BCUT2D eigenvalue weighted by Crippen LogP contribution is 2.26. The molecular weight excluding hydrogens is 374 g/mol. The number of ether oxygens (including phenoxy) is 1. The number of carbonyl (C=O) groups excluding carboxylic acids is 1. The van der Waals surface area contributed by atoms with Gasteiger partial charge in [0, 0.05) is 17.7 Å². The minimum atomic E-state index is -0.763. The third kappa shape index (κ3) is 3.68. The van der Waals surface area contributed by atoms with Crippen LogP contribution in [0.5, 0.6) is 0 Å². The van der Waals surface area contributed by atoms with Crippen molar-refractivity contribution in [2.45, 2.75) is 13.0 Å². The second-order valence-electron chi connectivity index (χ2n) is 6.32. The van der Waals surface area contributed by atoms with E-state index >= 15 is 0 Å². The van der Waals surface area contributed by atoms with Gasteiger partial charge in [0.2, 0.25) is 5.89 Å². The smallest absolute Gasteiger partial charge is 0.339 e. The van der Waals surface area contributed by atoms with Gasteiger partial charge in [-0.2, -0.15) is 0 Å². The van der Waals surface area contributed by atoms with E-state index in [0.29, 0.717) is 11.1 Å². The van der Waals surface area contributed by atoms with Crippen molar-refractivity contribution in [3.05, 3.63) is 88.3 Å². The zero-order valence-corrected chi connectivity index (χ0v) is 15.3. The van der Waals surface area contributed by atoms with E-state index in [9.17, 15) is 14.9 Å². The largest absolute Gasteiger partial charge is 0.449 e. The SMILES string of the molecule is C[C@H](OC(=O)c1cccc2ccccc12)c1nnc(-c2ccc([N+](=O)[O-])cc2)o1. The third-order valence-corrected chi connectivity index (χ3v) is 4.41. The van der Waals surface area contributed by atoms with E-state index in [2.05, 4.69) is 10.2 Å². The highest BCUT2D eigenvalue weighted by atomic mass is 16.6. The first-order chi connectivity index (χ1) is 14.0. The number of esters is 1. The molecule has 0 spiro atoms. The summed E-state index contributed by atoms with van der Waals surface area (Å²) >= 11 is 0. The molecule has 0 radical (unpaired) electrons. The average Bonchev–Trinajstić information content (AvgIpc) is 3.24. The van der Waals surface area contributed by atoms with Crippen molar-refractivity contribution >= 4 is 22.4 Å². The van der Waals surface area contributed by atoms with E-state index in [-0.39, 0.29) is 17.5 Å². The van der Waals surface area contributed by atoms with Crippen LogP contribution in [0.25, 0.3) is 22.2 Å². The van der Waals surface area contributed by atoms with E-state index in [1.807, 2.05) is 30.3 Å². The number of benzene rings is 3. The molecule has 1 atom stereocenters. The maximum absolute atomic E-state index is 12.6. The molecular formula is C21H15N3O5. The van der Waals surface area contributed by atoms with E-state index < -0.39 is 17.0 Å². The molecule has 0 unspecified atom stereocenters. The Bertz CT molecular complexity index is 1200. The molecule has 0 fully saturated rings. The summed E-state index contributed by atoms with van der Waals surface area (Å²) in [5.41, 5.74) is 0.942. The summed E-state index contributed by atoms with van der Waals surface area (Å²) in [6, 6.07) is 18.7. The van der Waals surface area contributed by atoms with Crippen LogP contribution >= 0.6 is 0 Å². The summed E-state index contributed by atoms with van der Waals surface area (Å²) in [7, 11) is 0. The fraction of sp³-hybridized carbons (Fsp3) is 0.0952. The molecule has 0 bridgehead atoms. The van der Waals surface area contributed by atoms with Crippen LogP contribution in [0.15, 0.2) is 71.1 Å². The molecule has 0 aliphatic heterocycles. The number of nitro benzene ring substituents is 1. The number of aromatic nitrogens is 2. The van der Waals surface area contributed by atoms with Crippen molar-refractivity contribution in [3.8, 4) is 11.5 Å². The lowest BCUT2D eigenvalue weighted by molar-refractivity contribution is -0.384. The number of carbonyl (C=O) groups is 1. The van der Waals surface area contributed by atoms with Crippen LogP contribution in [0.1, 0.15) is 29.3 Å². The van der Waals surface area contributed by atoms with Crippen molar-refractivity contribution in [1.82, 2.24) is 10.2 Å². The van der Waals surface area contributed by atoms with Gasteiger partial charge in [-0.3, -0.25) is 10.1 Å². The summed E-state index contributed by atoms with van der Waals surface area (Å²) in [6.45, 7) is 1.64. The molecule has 0 aliphatic rings. The summed E-state index contributed by atoms with van der Waals surface area (Å²) in [5.74, 6) is -0.181. The Balaban J connectivity index is 1.52. The molecule has 0 saturated carbocycles. The Hall–Kier alpha value is -4.07. The van der Waals surface area contributed by atoms with Gasteiger partial charge in [0.25, 0.3) is 11.6 Å². The van der Waals surface area contributed by atoms with Crippen molar-refractivity contribution in [2.75, 3.05) is 0 Å². The summed E-state index contributed by atoms with van der Waals surface area (Å²) in [4.78, 5) is 22.9. The number of nitro groups is 1. The molecule has 1 heterocycles. The Morgan fingerprint density at radius 2 is 1.76 bits per heavy atom. The molecule has 4 rings (SSSR count). The lowest BCUT2D eigenvalue weighted by atomic mass is 10.0. The highest BCUT2D eigenvalue weighted by Gasteiger charge is 2.21. The number of rotatable bonds is 5. The van der Waals surface area contributed by atoms with Crippen molar-refractivity contribution in [2.24, 2.45) is 0 Å². The van der Waals surface area contributed by atoms with Crippen LogP contribution in [0.3, 0.4) is 0 Å². The Morgan fingerprint density at radius 1 is 1.03 bits per heavy atom. The van der Waals surface area contributed by atoms with Crippen molar-refractivity contribution in [1.29, 1.82) is 0 Å². The third-order valence-electron chi connectivity index (χ3n) is 4.41. The number of non-ortho nitro benzene ring substituents is 1. The Kier molecular flexibility index (Phi) is 4.74. The van der Waals surface area contributed by atoms with E-state index in [4.69, 9.17) is 9.15 Å². The lowest BCUT2D eigenvalue weighted by Gasteiger charge is -2.11. The minimum absolute atomic E-state index is 0.0362. The molecule has 0 amide bonds. The van der Waals surface area contributed by atoms with Gasteiger partial charge in [-0.25, -0.2) is 4.79 Å². The van der Waals surface area contributed by atoms with Gasteiger partial charge in [-0.1, -0.05) is 36.4 Å². The van der Waals surface area contributed by atoms with Crippen LogP contribution in [-0.4, -0.2) is 21.1 Å². The first-order valence-electron chi connectivity index (χ1n) is 8.80. The van der Waals surface area contributed by atoms with Crippen LogP contribution in [0.2, 0.25) is 0 Å². The standard InChI is InChI=1S/C21H15N3O5/c1-13(28-21(25)18-8-4-6-14-5-2-3-7-17(14)18)19-22-23-20(29-19)15-9-11-16(12-10-15)24(26)27/h2-13H,1H3/t13-/m0/s1. The molecule has 8 nitrogen and oxygen atoms in total. The Labute approximate surface area is 164 Å². The molecule has 29 heavy (non-hydrogen) atoms. The summed E-state index contributed by atoms with van der Waals surface area (Å²) in [6.07, 6.45) is -0.763. The number of nitrogens with zero attached hydrogens (tertiary/aromatic N) is 3. The Morgan fingerprint density at radius 3 is 2.52 bits per heavy atom. The first-order valence-corrected chi connectivity index (χ1v) is 8.80. The molecule has 8 heteroatoms. The molecule has 3 aromatic carbocycles. The summed E-state index contributed by atoms with van der Waals surface area (Å²) in [5, 5.41) is 20.3. The normalized spacial score (nSPS) is 11.9. The van der Waals surface area contributed by atoms with Gasteiger partial charge in [-0.15, -0.1) is 10.2 Å². The zero-order valence-electron chi connectivity index (χ0n) is 15.3. The highest BCUT2D eigenvalue weighted by molar-refractivity contribution is 6.04. The van der Waals surface area contributed by atoms with Crippen LogP contribution in [-0.2, 0) is 4.74 Å².